The Labute approximate surface area is 125 Å². The Morgan fingerprint density at radius 1 is 1.24 bits per heavy atom. The van der Waals surface area contributed by atoms with E-state index < -0.39 is 10.0 Å². The number of aliphatic hydroxyl groups is 1. The van der Waals surface area contributed by atoms with Crippen LogP contribution in [0.1, 0.15) is 19.3 Å². The molecule has 1 aromatic carbocycles. The van der Waals surface area contributed by atoms with E-state index in [4.69, 9.17) is 14.6 Å². The summed E-state index contributed by atoms with van der Waals surface area (Å²) in [5.74, 6) is 0.591. The summed E-state index contributed by atoms with van der Waals surface area (Å²) < 4.78 is 37.8. The first-order valence-electron chi connectivity index (χ1n) is 7.05. The Morgan fingerprint density at radius 3 is 2.52 bits per heavy atom. The molecule has 0 bridgehead atoms. The van der Waals surface area contributed by atoms with Crippen LogP contribution in [-0.2, 0) is 14.8 Å². The topological polar surface area (TPSA) is 84.9 Å². The van der Waals surface area contributed by atoms with Gasteiger partial charge in [0.1, 0.15) is 5.75 Å². The number of aliphatic hydroxyl groups excluding tert-OH is 1. The zero-order valence-corrected chi connectivity index (χ0v) is 12.6. The molecule has 0 spiro atoms. The summed E-state index contributed by atoms with van der Waals surface area (Å²) in [4.78, 5) is 0.225. The molecule has 0 aromatic heterocycles. The maximum atomic E-state index is 12.2. The highest BCUT2D eigenvalue weighted by molar-refractivity contribution is 7.89. The zero-order valence-electron chi connectivity index (χ0n) is 11.8. The Hall–Kier alpha value is -1.15. The predicted octanol–water partition coefficient (Wildman–Crippen LogP) is 0.905. The van der Waals surface area contributed by atoms with E-state index in [9.17, 15) is 8.42 Å². The third-order valence-corrected chi connectivity index (χ3v) is 4.78. The van der Waals surface area contributed by atoms with Crippen molar-refractivity contribution in [2.45, 2.75) is 30.2 Å². The van der Waals surface area contributed by atoms with Gasteiger partial charge in [0.25, 0.3) is 0 Å². The molecule has 0 unspecified atom stereocenters. The quantitative estimate of drug-likeness (QED) is 0.731. The van der Waals surface area contributed by atoms with Gasteiger partial charge in [-0.25, -0.2) is 13.1 Å². The van der Waals surface area contributed by atoms with Crippen LogP contribution in [-0.4, -0.2) is 46.0 Å². The van der Waals surface area contributed by atoms with E-state index in [-0.39, 0.29) is 17.5 Å². The second-order valence-corrected chi connectivity index (χ2v) is 6.62. The minimum atomic E-state index is -3.50. The van der Waals surface area contributed by atoms with Crippen LogP contribution in [0.2, 0.25) is 0 Å². The van der Waals surface area contributed by atoms with E-state index in [1.165, 1.54) is 12.1 Å². The van der Waals surface area contributed by atoms with Crippen molar-refractivity contribution in [1.29, 1.82) is 0 Å². The van der Waals surface area contributed by atoms with Gasteiger partial charge in [-0.3, -0.25) is 0 Å². The van der Waals surface area contributed by atoms with E-state index in [0.717, 1.165) is 0 Å². The fraction of sp³-hybridized carbons (Fsp3) is 0.571. The number of nitrogens with one attached hydrogen (secondary N) is 1. The lowest BCUT2D eigenvalue weighted by atomic mass is 10.1. The molecule has 1 heterocycles. The van der Waals surface area contributed by atoms with E-state index in [1.807, 2.05) is 0 Å². The van der Waals surface area contributed by atoms with Crippen molar-refractivity contribution in [3.05, 3.63) is 24.3 Å². The molecule has 1 fully saturated rings. The largest absolute Gasteiger partial charge is 0.494 e. The van der Waals surface area contributed by atoms with Crippen molar-refractivity contribution in [2.24, 2.45) is 0 Å². The molecule has 21 heavy (non-hydrogen) atoms. The molecule has 0 atom stereocenters. The van der Waals surface area contributed by atoms with Crippen molar-refractivity contribution in [2.75, 3.05) is 26.4 Å². The van der Waals surface area contributed by atoms with Gasteiger partial charge in [-0.1, -0.05) is 0 Å². The number of sulfonamides is 1. The second kappa shape index (κ2) is 7.74. The van der Waals surface area contributed by atoms with Gasteiger partial charge in [0.2, 0.25) is 10.0 Å². The highest BCUT2D eigenvalue weighted by atomic mass is 32.2. The molecule has 0 radical (unpaired) electrons. The third-order valence-electron chi connectivity index (χ3n) is 3.25. The molecule has 6 nitrogen and oxygen atoms in total. The number of hydrogen-bond acceptors (Lipinski definition) is 5. The Bertz CT molecular complexity index is 523. The van der Waals surface area contributed by atoms with Gasteiger partial charge in [-0.15, -0.1) is 0 Å². The van der Waals surface area contributed by atoms with E-state index >= 15 is 0 Å². The summed E-state index contributed by atoms with van der Waals surface area (Å²) in [5, 5.41) is 8.67. The van der Waals surface area contributed by atoms with E-state index in [0.29, 0.717) is 44.8 Å². The minimum Gasteiger partial charge on any atom is -0.494 e. The molecule has 2 rings (SSSR count). The molecule has 0 amide bonds. The van der Waals surface area contributed by atoms with Gasteiger partial charge < -0.3 is 14.6 Å². The lowest BCUT2D eigenvalue weighted by molar-refractivity contribution is 0.0832. The van der Waals surface area contributed by atoms with Crippen molar-refractivity contribution in [3.8, 4) is 5.75 Å². The molecule has 1 saturated heterocycles. The number of benzene rings is 1. The molecule has 1 aliphatic heterocycles. The Morgan fingerprint density at radius 2 is 1.90 bits per heavy atom. The van der Waals surface area contributed by atoms with E-state index in [2.05, 4.69) is 4.72 Å². The average molecular weight is 315 g/mol. The van der Waals surface area contributed by atoms with Gasteiger partial charge in [0.05, 0.1) is 11.5 Å². The zero-order chi connectivity index (χ0) is 15.1. The van der Waals surface area contributed by atoms with Gasteiger partial charge in [-0.2, -0.15) is 0 Å². The Balaban J connectivity index is 1.95. The summed E-state index contributed by atoms with van der Waals surface area (Å²) in [5.41, 5.74) is 0. The first-order valence-corrected chi connectivity index (χ1v) is 8.54. The van der Waals surface area contributed by atoms with Crippen molar-refractivity contribution in [3.63, 3.8) is 0 Å². The van der Waals surface area contributed by atoms with Gasteiger partial charge in [0.15, 0.2) is 0 Å². The van der Waals surface area contributed by atoms with Crippen LogP contribution in [0.25, 0.3) is 0 Å². The van der Waals surface area contributed by atoms with Crippen LogP contribution < -0.4 is 9.46 Å². The molecular weight excluding hydrogens is 294 g/mol. The lowest BCUT2D eigenvalue weighted by Crippen LogP contribution is -2.38. The fourth-order valence-electron chi connectivity index (χ4n) is 2.07. The number of hydrogen-bond donors (Lipinski definition) is 2. The molecule has 1 aliphatic rings. The summed E-state index contributed by atoms with van der Waals surface area (Å²) in [7, 11) is -3.50. The van der Waals surface area contributed by atoms with Crippen LogP contribution in [0.4, 0.5) is 0 Å². The maximum absolute atomic E-state index is 12.2. The molecule has 118 valence electrons. The van der Waals surface area contributed by atoms with Gasteiger partial charge in [0, 0.05) is 32.3 Å². The lowest BCUT2D eigenvalue weighted by Gasteiger charge is -2.23. The average Bonchev–Trinajstić information content (AvgIpc) is 2.49. The maximum Gasteiger partial charge on any atom is 0.240 e. The van der Waals surface area contributed by atoms with Gasteiger partial charge in [-0.05, 0) is 37.1 Å². The minimum absolute atomic E-state index is 0.0655. The predicted molar refractivity (Wildman–Crippen MR) is 77.8 cm³/mol. The van der Waals surface area contributed by atoms with Crippen LogP contribution in [0, 0.1) is 0 Å². The SMILES string of the molecule is O=S(=O)(NC1CCOCC1)c1ccc(OCCCO)cc1. The van der Waals surface area contributed by atoms with Crippen LogP contribution in [0.3, 0.4) is 0 Å². The highest BCUT2D eigenvalue weighted by Crippen LogP contribution is 2.17. The molecule has 7 heteroatoms. The molecule has 0 aliphatic carbocycles. The van der Waals surface area contributed by atoms with Crippen LogP contribution in [0.15, 0.2) is 29.2 Å². The molecular formula is C14H21NO5S. The fourth-order valence-corrected chi connectivity index (χ4v) is 3.38. The normalized spacial score (nSPS) is 16.8. The summed E-state index contributed by atoms with van der Waals surface area (Å²) >= 11 is 0. The molecule has 1 aromatic rings. The number of ether oxygens (including phenoxy) is 2. The Kier molecular flexibility index (Phi) is 5.98. The molecule has 0 saturated carbocycles. The summed E-state index contributed by atoms with van der Waals surface area (Å²) in [6.45, 7) is 1.65. The first kappa shape index (κ1) is 16.2. The van der Waals surface area contributed by atoms with Crippen molar-refractivity contribution >= 4 is 10.0 Å². The van der Waals surface area contributed by atoms with Crippen LogP contribution >= 0.6 is 0 Å². The highest BCUT2D eigenvalue weighted by Gasteiger charge is 2.21. The third kappa shape index (κ3) is 4.96. The summed E-state index contributed by atoms with van der Waals surface area (Å²) in [6.07, 6.45) is 1.94. The monoisotopic (exact) mass is 315 g/mol. The smallest absolute Gasteiger partial charge is 0.240 e. The van der Waals surface area contributed by atoms with Gasteiger partial charge >= 0.3 is 0 Å². The van der Waals surface area contributed by atoms with Crippen molar-refractivity contribution < 1.29 is 23.0 Å². The molecule has 2 N–H and O–H groups in total. The summed E-state index contributed by atoms with van der Waals surface area (Å²) in [6, 6.07) is 6.22. The second-order valence-electron chi connectivity index (χ2n) is 4.90. The first-order chi connectivity index (χ1) is 10.1. The van der Waals surface area contributed by atoms with E-state index in [1.54, 1.807) is 12.1 Å². The van der Waals surface area contributed by atoms with Crippen LogP contribution in [0.5, 0.6) is 5.75 Å². The standard InChI is InChI=1S/C14H21NO5S/c16-8-1-9-20-13-2-4-14(5-3-13)21(17,18)15-12-6-10-19-11-7-12/h2-5,12,15-16H,1,6-11H2. The van der Waals surface area contributed by atoms with Crippen molar-refractivity contribution in [1.82, 2.24) is 4.72 Å². The number of rotatable bonds is 7.